The van der Waals surface area contributed by atoms with Gasteiger partial charge in [0.2, 0.25) is 0 Å². The van der Waals surface area contributed by atoms with Gasteiger partial charge in [0.1, 0.15) is 0 Å². The molecule has 0 heterocycles. The van der Waals surface area contributed by atoms with Crippen molar-refractivity contribution in [2.24, 2.45) is 0 Å². The summed E-state index contributed by atoms with van der Waals surface area (Å²) >= 11 is 0. The van der Waals surface area contributed by atoms with Crippen LogP contribution >= 0.6 is 0 Å². The van der Waals surface area contributed by atoms with Crippen LogP contribution in [0.3, 0.4) is 0 Å². The van der Waals surface area contributed by atoms with E-state index in [1.165, 1.54) is 0 Å². The van der Waals surface area contributed by atoms with Crippen LogP contribution in [-0.4, -0.2) is 18.8 Å². The van der Waals surface area contributed by atoms with Gasteiger partial charge in [-0.15, -0.1) is 0 Å². The molecule has 0 N–H and O–H groups in total. The number of rotatable bonds is 1. The molecular formula is C4H15OSi2Y. The van der Waals surface area contributed by atoms with Crippen molar-refractivity contribution >= 4 is 18.8 Å². The number of hydrogen-bond donors (Lipinski definition) is 0. The summed E-state index contributed by atoms with van der Waals surface area (Å²) in [6.45, 7) is 6.50. The molecule has 0 bridgehead atoms. The molecule has 0 atom stereocenters. The first kappa shape index (κ1) is 16.2. The van der Waals surface area contributed by atoms with Gasteiger partial charge in [-0.25, -0.2) is 0 Å². The molecule has 48 valence electrons. The minimum Gasteiger partial charge on any atom is -0.461 e. The van der Waals surface area contributed by atoms with Crippen molar-refractivity contribution in [2.45, 2.75) is 27.1 Å². The van der Waals surface area contributed by atoms with Gasteiger partial charge in [0, 0.05) is 32.7 Å². The van der Waals surface area contributed by atoms with Crippen LogP contribution in [-0.2, 0) is 36.8 Å². The zero-order valence-corrected chi connectivity index (χ0v) is 10.4. The molecule has 0 aromatic heterocycles. The quantitative estimate of drug-likeness (QED) is 0.604. The third-order valence-corrected chi connectivity index (χ3v) is 3.90. The van der Waals surface area contributed by atoms with Gasteiger partial charge in [0.15, 0.2) is 18.8 Å². The molecule has 0 rings (SSSR count). The van der Waals surface area contributed by atoms with Gasteiger partial charge in [-0.2, -0.15) is 0 Å². The first-order valence-electron chi connectivity index (χ1n) is 1.99. The fraction of sp³-hybridized carbons (Fsp3) is 1.00. The van der Waals surface area contributed by atoms with Crippen LogP contribution in [0.1, 0.15) is 7.43 Å². The van der Waals surface area contributed by atoms with Gasteiger partial charge >= 0.3 is 0 Å². The molecule has 4 heteroatoms. The normalized spacial score (nSPS) is 9.00. The monoisotopic (exact) mass is 224 g/mol. The fourth-order valence-corrected chi connectivity index (χ4v) is 0. The summed E-state index contributed by atoms with van der Waals surface area (Å²) in [5, 5.41) is 0. The SMILES string of the molecule is C.C[Si](C)(C)O[SiH2].[Y]. The van der Waals surface area contributed by atoms with Crippen LogP contribution in [0.2, 0.25) is 19.6 Å². The zero-order valence-electron chi connectivity index (χ0n) is 5.19. The summed E-state index contributed by atoms with van der Waals surface area (Å²) in [6, 6.07) is 0. The van der Waals surface area contributed by atoms with Gasteiger partial charge in [0.05, 0.1) is 0 Å². The van der Waals surface area contributed by atoms with Crippen molar-refractivity contribution < 1.29 is 36.8 Å². The van der Waals surface area contributed by atoms with E-state index in [1.54, 1.807) is 10.5 Å². The van der Waals surface area contributed by atoms with Crippen LogP contribution in [0, 0.1) is 0 Å². The molecule has 1 nitrogen and oxygen atoms in total. The first-order chi connectivity index (χ1) is 2.56. The largest absolute Gasteiger partial charge is 0.461 e. The van der Waals surface area contributed by atoms with Crippen molar-refractivity contribution in [2.75, 3.05) is 0 Å². The fourth-order valence-electron chi connectivity index (χ4n) is 0. The van der Waals surface area contributed by atoms with Crippen LogP contribution in [0.5, 0.6) is 0 Å². The molecule has 0 amide bonds. The third-order valence-electron chi connectivity index (χ3n) is 0.433. The second kappa shape index (κ2) is 6.62. The minimum absolute atomic E-state index is 0. The second-order valence-corrected chi connectivity index (χ2v) is 7.64. The van der Waals surface area contributed by atoms with E-state index in [4.69, 9.17) is 4.12 Å². The summed E-state index contributed by atoms with van der Waals surface area (Å²) < 4.78 is 5.10. The van der Waals surface area contributed by atoms with E-state index in [0.29, 0.717) is 0 Å². The molecule has 0 saturated carbocycles. The summed E-state index contributed by atoms with van der Waals surface area (Å²) in [5.41, 5.74) is 0. The van der Waals surface area contributed by atoms with Crippen LogP contribution in [0.15, 0.2) is 0 Å². The van der Waals surface area contributed by atoms with E-state index >= 15 is 0 Å². The molecule has 0 saturated heterocycles. The van der Waals surface area contributed by atoms with Crippen molar-refractivity contribution in [1.29, 1.82) is 0 Å². The molecule has 0 fully saturated rings. The smallest absolute Gasteiger partial charge is 0.169 e. The Kier molecular flexibility index (Phi) is 13.4. The summed E-state index contributed by atoms with van der Waals surface area (Å²) in [6.07, 6.45) is 0. The topological polar surface area (TPSA) is 9.23 Å². The van der Waals surface area contributed by atoms with E-state index in [9.17, 15) is 0 Å². The maximum absolute atomic E-state index is 5.10. The molecule has 2 radical (unpaired) electrons. The van der Waals surface area contributed by atoms with Crippen LogP contribution in [0.25, 0.3) is 0 Å². The third kappa shape index (κ3) is 15.6. The standard InChI is InChI=1S/C3H11OSi2.CH4.Y/c1-6(2,3)4-5;;/h5H2,1-3H3;1H4;. The zero-order chi connectivity index (χ0) is 5.21. The Labute approximate surface area is 82.1 Å². The minimum atomic E-state index is -1.12. The average Bonchev–Trinajstić information content (AvgIpc) is 1.35. The Bertz CT molecular complexity index is 43.8. The number of hydrogen-bond acceptors (Lipinski definition) is 1. The predicted molar refractivity (Wildman–Crippen MR) is 39.7 cm³/mol. The summed E-state index contributed by atoms with van der Waals surface area (Å²) in [7, 11) is 0.479. The van der Waals surface area contributed by atoms with E-state index in [-0.39, 0.29) is 40.1 Å². The van der Waals surface area contributed by atoms with Gasteiger partial charge < -0.3 is 4.12 Å². The van der Waals surface area contributed by atoms with Gasteiger partial charge in [-0.3, -0.25) is 0 Å². The van der Waals surface area contributed by atoms with Crippen LogP contribution in [0.4, 0.5) is 0 Å². The molecule has 0 aliphatic rings. The maximum atomic E-state index is 5.10. The molecule has 0 spiro atoms. The molecule has 0 aromatic rings. The van der Waals surface area contributed by atoms with Gasteiger partial charge in [0.25, 0.3) is 0 Å². The van der Waals surface area contributed by atoms with Crippen LogP contribution < -0.4 is 0 Å². The maximum Gasteiger partial charge on any atom is 0.169 e. The van der Waals surface area contributed by atoms with E-state index < -0.39 is 8.32 Å². The predicted octanol–water partition coefficient (Wildman–Crippen LogP) is 1.02. The molecule has 0 aliphatic heterocycles. The molecule has 8 heavy (non-hydrogen) atoms. The van der Waals surface area contributed by atoms with E-state index in [1.807, 2.05) is 0 Å². The van der Waals surface area contributed by atoms with Crippen molar-refractivity contribution in [1.82, 2.24) is 0 Å². The molecule has 0 unspecified atom stereocenters. The van der Waals surface area contributed by atoms with Crippen molar-refractivity contribution in [3.8, 4) is 0 Å². The van der Waals surface area contributed by atoms with Crippen molar-refractivity contribution in [3.05, 3.63) is 0 Å². The molecular weight excluding hydrogens is 209 g/mol. The Morgan fingerprint density at radius 2 is 1.38 bits per heavy atom. The Hall–Kier alpha value is 1.50. The summed E-state index contributed by atoms with van der Waals surface area (Å²) in [5.74, 6) is 0. The summed E-state index contributed by atoms with van der Waals surface area (Å²) in [4.78, 5) is 0. The second-order valence-electron chi connectivity index (χ2n) is 2.26. The molecule has 0 aromatic carbocycles. The van der Waals surface area contributed by atoms with Gasteiger partial charge in [-0.05, 0) is 19.6 Å². The Morgan fingerprint density at radius 1 is 1.25 bits per heavy atom. The Morgan fingerprint density at radius 3 is 1.38 bits per heavy atom. The average molecular weight is 224 g/mol. The van der Waals surface area contributed by atoms with E-state index in [0.717, 1.165) is 0 Å². The Balaban J connectivity index is -0.000000125. The first-order valence-corrected chi connectivity index (χ1v) is 5.98. The molecule has 0 aliphatic carbocycles. The van der Waals surface area contributed by atoms with Crippen molar-refractivity contribution in [3.63, 3.8) is 0 Å². The van der Waals surface area contributed by atoms with E-state index in [2.05, 4.69) is 19.6 Å². The van der Waals surface area contributed by atoms with Gasteiger partial charge in [-0.1, -0.05) is 7.43 Å².